The van der Waals surface area contributed by atoms with Crippen LogP contribution in [0.15, 0.2) is 43.0 Å². The summed E-state index contributed by atoms with van der Waals surface area (Å²) in [4.78, 5) is 0. The van der Waals surface area contributed by atoms with Crippen LogP contribution in [0.25, 0.3) is 0 Å². The van der Waals surface area contributed by atoms with Crippen molar-refractivity contribution in [1.82, 2.24) is 0 Å². The zero-order valence-corrected chi connectivity index (χ0v) is 14.8. The standard InChI is InChI=1S/2C5H5.C2H7Si.2ClH.Zr/c2*1-2-4-5-3-1;1-3-2;;;/h2*1-3H,4H2;3H,1-2H3;2*1H;/q;;;;;+2/p-2. The maximum absolute atomic E-state index is 7.16. The monoisotopic (exact) mass is 349 g/mol. The summed E-state index contributed by atoms with van der Waals surface area (Å²) in [6.45, 7) is 4.62. The molecule has 2 aliphatic rings. The molecule has 0 nitrogen and oxygen atoms in total. The predicted molar refractivity (Wildman–Crippen MR) is 74.3 cm³/mol. The van der Waals surface area contributed by atoms with E-state index in [1.165, 1.54) is 6.56 Å². The Kier molecular flexibility index (Phi) is 3.59. The van der Waals surface area contributed by atoms with E-state index in [4.69, 9.17) is 17.0 Å². The van der Waals surface area contributed by atoms with E-state index in [9.17, 15) is 0 Å². The summed E-state index contributed by atoms with van der Waals surface area (Å²) < 4.78 is 2.72. The van der Waals surface area contributed by atoms with E-state index in [2.05, 4.69) is 49.6 Å². The molecule has 16 heavy (non-hydrogen) atoms. The van der Waals surface area contributed by atoms with E-state index in [0.29, 0.717) is 0 Å². The first-order valence-corrected chi connectivity index (χ1v) is 21.7. The fourth-order valence-corrected chi connectivity index (χ4v) is 26.2. The van der Waals surface area contributed by atoms with Crippen molar-refractivity contribution >= 4 is 22.9 Å². The topological polar surface area (TPSA) is 0 Å². The van der Waals surface area contributed by atoms with Gasteiger partial charge in [0.2, 0.25) is 0 Å². The molecule has 0 aliphatic heterocycles. The van der Waals surface area contributed by atoms with Crippen molar-refractivity contribution in [2.24, 2.45) is 0 Å². The average molecular weight is 351 g/mol. The van der Waals surface area contributed by atoms with Gasteiger partial charge in [0.05, 0.1) is 0 Å². The number of rotatable bonds is 3. The molecule has 0 aromatic heterocycles. The summed E-state index contributed by atoms with van der Waals surface area (Å²) in [5.41, 5.74) is 0. The quantitative estimate of drug-likeness (QED) is 0.649. The zero-order valence-electron chi connectivity index (χ0n) is 9.71. The van der Waals surface area contributed by atoms with Gasteiger partial charge >= 0.3 is 107 Å². The van der Waals surface area contributed by atoms with Gasteiger partial charge in [-0.25, -0.2) is 0 Å². The molecule has 0 heterocycles. The molecule has 0 unspecified atom stereocenters. The van der Waals surface area contributed by atoms with Gasteiger partial charge < -0.3 is 0 Å². The molecule has 0 radical (unpaired) electrons. The summed E-state index contributed by atoms with van der Waals surface area (Å²) in [5, 5.41) is 0. The molecule has 2 rings (SSSR count). The average Bonchev–Trinajstić information content (AvgIpc) is 2.92. The van der Waals surface area contributed by atoms with Crippen LogP contribution in [0.4, 0.5) is 0 Å². The second kappa shape index (κ2) is 4.39. The molecule has 0 fully saturated rings. The zero-order chi connectivity index (χ0) is 11.8. The van der Waals surface area contributed by atoms with Gasteiger partial charge in [-0.05, 0) is 0 Å². The Hall–Kier alpha value is 0.640. The van der Waals surface area contributed by atoms with Crippen molar-refractivity contribution in [3.05, 3.63) is 43.0 Å². The van der Waals surface area contributed by atoms with Gasteiger partial charge in [0.15, 0.2) is 0 Å². The molecule has 4 heteroatoms. The number of halogens is 2. The third-order valence-corrected chi connectivity index (χ3v) is 53.9. The predicted octanol–water partition coefficient (Wildman–Crippen LogP) is 4.65. The Labute approximate surface area is 107 Å². The van der Waals surface area contributed by atoms with Gasteiger partial charge in [0.25, 0.3) is 0 Å². The molecular weight excluding hydrogens is 334 g/mol. The molecule has 0 atom stereocenters. The normalized spacial score (nSPS) is 22.2. The first-order valence-electron chi connectivity index (χ1n) is 5.76. The van der Waals surface area contributed by atoms with Gasteiger partial charge in [0, 0.05) is 0 Å². The molecule has 0 saturated heterocycles. The van der Waals surface area contributed by atoms with Crippen LogP contribution < -0.4 is 0 Å². The van der Waals surface area contributed by atoms with E-state index < -0.39 is 21.5 Å². The Morgan fingerprint density at radius 2 is 1.44 bits per heavy atom. The summed E-state index contributed by atoms with van der Waals surface area (Å²) in [5.74, 6) is -1.10. The molecule has 0 bridgehead atoms. The fraction of sp³-hybridized carbons (Fsp3) is 0.333. The summed E-state index contributed by atoms with van der Waals surface area (Å²) in [6.07, 6.45) is 14.9. The van der Waals surface area contributed by atoms with E-state index in [1.807, 2.05) is 0 Å². The minimum absolute atomic E-state index is 0.973. The van der Waals surface area contributed by atoms with Crippen LogP contribution in [0.5, 0.6) is 0 Å². The van der Waals surface area contributed by atoms with Crippen molar-refractivity contribution in [3.63, 3.8) is 0 Å². The summed E-state index contributed by atoms with van der Waals surface area (Å²) in [6, 6.07) is 0. The van der Waals surface area contributed by atoms with E-state index >= 15 is 0 Å². The van der Waals surface area contributed by atoms with Crippen molar-refractivity contribution < 1.29 is 15.6 Å². The Morgan fingerprint density at radius 3 is 1.69 bits per heavy atom. The number of hydrogen-bond acceptors (Lipinski definition) is 0. The Morgan fingerprint density at radius 1 is 1.00 bits per heavy atom. The first kappa shape index (κ1) is 13.1. The second-order valence-electron chi connectivity index (χ2n) is 4.88. The van der Waals surface area contributed by atoms with Crippen molar-refractivity contribution in [1.29, 1.82) is 0 Å². The van der Waals surface area contributed by atoms with E-state index in [0.717, 1.165) is 12.8 Å². The Balaban J connectivity index is 2.49. The van der Waals surface area contributed by atoms with Crippen LogP contribution >= 0.6 is 17.0 Å². The second-order valence-corrected chi connectivity index (χ2v) is 45.8. The van der Waals surface area contributed by atoms with Gasteiger partial charge in [-0.2, -0.15) is 0 Å². The molecule has 0 saturated carbocycles. The van der Waals surface area contributed by atoms with Crippen LogP contribution in [0.1, 0.15) is 12.8 Å². The van der Waals surface area contributed by atoms with Crippen molar-refractivity contribution in [2.75, 3.05) is 0 Å². The van der Waals surface area contributed by atoms with Gasteiger partial charge in [-0.15, -0.1) is 0 Å². The van der Waals surface area contributed by atoms with Crippen LogP contribution in [0.2, 0.25) is 13.1 Å². The van der Waals surface area contributed by atoms with Crippen LogP contribution in [0.3, 0.4) is 0 Å². The molecule has 0 aromatic carbocycles. The Bertz CT molecular complexity index is 396. The maximum atomic E-state index is 7.16. The number of allylic oxidation sites excluding steroid dienone is 8. The third kappa shape index (κ3) is 1.82. The summed E-state index contributed by atoms with van der Waals surface area (Å²) >= 11 is -3.77. The minimum atomic E-state index is -3.77. The van der Waals surface area contributed by atoms with Gasteiger partial charge in [-0.1, -0.05) is 0 Å². The molecule has 0 spiro atoms. The van der Waals surface area contributed by atoms with Gasteiger partial charge in [-0.3, -0.25) is 0 Å². The fourth-order valence-electron chi connectivity index (χ4n) is 2.52. The first-order chi connectivity index (χ1) is 7.46. The molecular formula is C12H17Cl2SiZr. The van der Waals surface area contributed by atoms with Gasteiger partial charge in [0.1, 0.15) is 0 Å². The van der Waals surface area contributed by atoms with E-state index in [-0.39, 0.29) is 0 Å². The van der Waals surface area contributed by atoms with Crippen LogP contribution in [-0.4, -0.2) is 5.92 Å². The molecule has 0 N–H and O–H groups in total. The SMILES string of the molecule is C[SiH](C)[Zr]([Cl])([Cl])([C]1=CC=CC1)[C]1=CC=CC1. The third-order valence-electron chi connectivity index (χ3n) is 3.73. The summed E-state index contributed by atoms with van der Waals surface area (Å²) in [7, 11) is 14.3. The molecule has 0 aromatic rings. The number of hydrogen-bond donors (Lipinski definition) is 0. The van der Waals surface area contributed by atoms with Crippen LogP contribution in [0, 0.1) is 0 Å². The van der Waals surface area contributed by atoms with Crippen molar-refractivity contribution in [3.8, 4) is 0 Å². The van der Waals surface area contributed by atoms with Crippen molar-refractivity contribution in [2.45, 2.75) is 25.9 Å². The molecule has 0 amide bonds. The molecule has 2 aliphatic carbocycles. The van der Waals surface area contributed by atoms with Crippen LogP contribution in [-0.2, 0) is 15.6 Å². The van der Waals surface area contributed by atoms with E-state index in [1.54, 1.807) is 0 Å². The molecule has 87 valence electrons.